The summed E-state index contributed by atoms with van der Waals surface area (Å²) in [5.41, 5.74) is 5.61. The van der Waals surface area contributed by atoms with Crippen molar-refractivity contribution in [1.29, 1.82) is 0 Å². The summed E-state index contributed by atoms with van der Waals surface area (Å²) in [6.45, 7) is 0.509. The predicted molar refractivity (Wildman–Crippen MR) is 108 cm³/mol. The molecule has 0 spiro atoms. The molecule has 29 heavy (non-hydrogen) atoms. The van der Waals surface area contributed by atoms with Gasteiger partial charge in [-0.1, -0.05) is 11.6 Å². The zero-order valence-corrected chi connectivity index (χ0v) is 16.7. The minimum atomic E-state index is -0.570. The highest BCUT2D eigenvalue weighted by atomic mass is 35.5. The monoisotopic (exact) mass is 417 g/mol. The van der Waals surface area contributed by atoms with Crippen molar-refractivity contribution in [1.82, 2.24) is 10.9 Å². The molecule has 1 heterocycles. The molecule has 2 N–H and O–H groups in total. The third-order valence-corrected chi connectivity index (χ3v) is 4.71. The molecule has 152 valence electrons. The van der Waals surface area contributed by atoms with Gasteiger partial charge in [-0.2, -0.15) is 0 Å². The zero-order valence-electron chi connectivity index (χ0n) is 16.0. The molecule has 3 amide bonds. The number of hydrogen-bond acceptors (Lipinski definition) is 5. The lowest BCUT2D eigenvalue weighted by Crippen LogP contribution is -2.42. The summed E-state index contributed by atoms with van der Waals surface area (Å²) in [7, 11) is 2.94. The van der Waals surface area contributed by atoms with Gasteiger partial charge in [0.05, 0.1) is 25.5 Å². The third kappa shape index (κ3) is 4.60. The van der Waals surface area contributed by atoms with Crippen molar-refractivity contribution in [3.63, 3.8) is 0 Å². The molecule has 8 nitrogen and oxygen atoms in total. The van der Waals surface area contributed by atoms with Crippen LogP contribution in [0.25, 0.3) is 0 Å². The van der Waals surface area contributed by atoms with Gasteiger partial charge in [-0.15, -0.1) is 0 Å². The topological polar surface area (TPSA) is 97.0 Å². The minimum Gasteiger partial charge on any atom is -0.497 e. The molecule has 1 saturated heterocycles. The van der Waals surface area contributed by atoms with Gasteiger partial charge in [-0.05, 0) is 36.8 Å². The summed E-state index contributed by atoms with van der Waals surface area (Å²) in [6.07, 6.45) is 1.13. The highest BCUT2D eigenvalue weighted by Crippen LogP contribution is 2.28. The van der Waals surface area contributed by atoms with Crippen molar-refractivity contribution < 1.29 is 23.9 Å². The summed E-state index contributed by atoms with van der Waals surface area (Å²) < 4.78 is 10.3. The number of ether oxygens (including phenoxy) is 2. The van der Waals surface area contributed by atoms with E-state index in [0.717, 1.165) is 0 Å². The molecule has 0 atom stereocenters. The van der Waals surface area contributed by atoms with Gasteiger partial charge < -0.3 is 14.4 Å². The smallest absolute Gasteiger partial charge is 0.271 e. The number of methoxy groups -OCH3 is 2. The molecular weight excluding hydrogens is 398 g/mol. The normalized spacial score (nSPS) is 13.2. The van der Waals surface area contributed by atoms with Crippen molar-refractivity contribution in [3.8, 4) is 11.5 Å². The van der Waals surface area contributed by atoms with Crippen LogP contribution >= 0.6 is 11.6 Å². The van der Waals surface area contributed by atoms with Gasteiger partial charge in [-0.3, -0.25) is 25.2 Å². The maximum absolute atomic E-state index is 12.7. The van der Waals surface area contributed by atoms with Crippen LogP contribution in [0.2, 0.25) is 5.02 Å². The van der Waals surface area contributed by atoms with Crippen molar-refractivity contribution >= 4 is 35.0 Å². The number of nitrogens with zero attached hydrogens (tertiary/aromatic N) is 1. The Morgan fingerprint density at radius 3 is 2.24 bits per heavy atom. The second-order valence-corrected chi connectivity index (χ2v) is 6.76. The van der Waals surface area contributed by atoms with E-state index in [4.69, 9.17) is 21.1 Å². The highest BCUT2D eigenvalue weighted by molar-refractivity contribution is 6.31. The van der Waals surface area contributed by atoms with Gasteiger partial charge in [0, 0.05) is 29.6 Å². The van der Waals surface area contributed by atoms with Gasteiger partial charge in [0.25, 0.3) is 11.8 Å². The molecule has 1 fully saturated rings. The van der Waals surface area contributed by atoms with Crippen LogP contribution in [-0.2, 0) is 4.79 Å². The molecule has 0 aliphatic carbocycles. The number of nitrogens with one attached hydrogen (secondary N) is 2. The van der Waals surface area contributed by atoms with Gasteiger partial charge in [0.2, 0.25) is 5.91 Å². The van der Waals surface area contributed by atoms with E-state index < -0.39 is 11.8 Å². The first-order valence-corrected chi connectivity index (χ1v) is 9.24. The van der Waals surface area contributed by atoms with Crippen LogP contribution in [-0.4, -0.2) is 38.5 Å². The quantitative estimate of drug-likeness (QED) is 0.729. The lowest BCUT2D eigenvalue weighted by Gasteiger charge is -2.20. The number of anilines is 1. The second-order valence-electron chi connectivity index (χ2n) is 6.32. The summed E-state index contributed by atoms with van der Waals surface area (Å²) in [4.78, 5) is 38.7. The number of hydrogen-bond donors (Lipinski definition) is 2. The second kappa shape index (κ2) is 8.83. The Morgan fingerprint density at radius 2 is 1.66 bits per heavy atom. The van der Waals surface area contributed by atoms with Crippen LogP contribution < -0.4 is 25.2 Å². The Hall–Kier alpha value is -3.26. The fraction of sp³-hybridized carbons (Fsp3) is 0.250. The SMILES string of the molecule is COc1cc(OC)cc(C(=O)NNC(=O)c2ccc(Cl)cc2N2CCCC2=O)c1. The fourth-order valence-electron chi connectivity index (χ4n) is 3.01. The van der Waals surface area contributed by atoms with E-state index in [1.54, 1.807) is 18.2 Å². The lowest BCUT2D eigenvalue weighted by atomic mass is 10.1. The Bertz CT molecular complexity index is 941. The summed E-state index contributed by atoms with van der Waals surface area (Å²) in [6, 6.07) is 9.28. The number of rotatable bonds is 5. The first kappa shape index (κ1) is 20.5. The number of carbonyl (C=O) groups excluding carboxylic acids is 3. The maximum atomic E-state index is 12.7. The number of halogens is 1. The molecule has 0 bridgehead atoms. The summed E-state index contributed by atoms with van der Waals surface area (Å²) in [5.74, 6) is -0.321. The van der Waals surface area contributed by atoms with E-state index in [0.29, 0.717) is 41.6 Å². The van der Waals surface area contributed by atoms with Crippen LogP contribution in [0.5, 0.6) is 11.5 Å². The number of hydrazine groups is 1. The van der Waals surface area contributed by atoms with Crippen LogP contribution in [0.3, 0.4) is 0 Å². The van der Waals surface area contributed by atoms with Gasteiger partial charge in [0.15, 0.2) is 0 Å². The first-order chi connectivity index (χ1) is 13.9. The van der Waals surface area contributed by atoms with Crippen LogP contribution in [0.4, 0.5) is 5.69 Å². The van der Waals surface area contributed by atoms with E-state index in [2.05, 4.69) is 10.9 Å². The minimum absolute atomic E-state index is 0.0752. The van der Waals surface area contributed by atoms with Crippen molar-refractivity contribution in [3.05, 3.63) is 52.5 Å². The average molecular weight is 418 g/mol. The molecule has 2 aromatic rings. The number of amides is 3. The summed E-state index contributed by atoms with van der Waals surface area (Å²) >= 11 is 6.05. The molecule has 2 aromatic carbocycles. The van der Waals surface area contributed by atoms with Gasteiger partial charge >= 0.3 is 0 Å². The average Bonchev–Trinajstić information content (AvgIpc) is 3.16. The van der Waals surface area contributed by atoms with Crippen LogP contribution in [0.1, 0.15) is 33.6 Å². The van der Waals surface area contributed by atoms with E-state index >= 15 is 0 Å². The number of carbonyl (C=O) groups is 3. The van der Waals surface area contributed by atoms with Crippen LogP contribution in [0, 0.1) is 0 Å². The summed E-state index contributed by atoms with van der Waals surface area (Å²) in [5, 5.41) is 0.406. The molecule has 0 unspecified atom stereocenters. The number of benzene rings is 2. The van der Waals surface area contributed by atoms with Crippen molar-refractivity contribution in [2.45, 2.75) is 12.8 Å². The molecular formula is C20H20ClN3O5. The Morgan fingerprint density at radius 1 is 1.00 bits per heavy atom. The fourth-order valence-corrected chi connectivity index (χ4v) is 3.18. The van der Waals surface area contributed by atoms with E-state index in [1.807, 2.05) is 0 Å². The Balaban J connectivity index is 1.76. The first-order valence-electron chi connectivity index (χ1n) is 8.86. The molecule has 0 aromatic heterocycles. The largest absolute Gasteiger partial charge is 0.497 e. The Labute approximate surface area is 172 Å². The molecule has 0 saturated carbocycles. The molecule has 1 aliphatic heterocycles. The van der Waals surface area contributed by atoms with Gasteiger partial charge in [0.1, 0.15) is 11.5 Å². The third-order valence-electron chi connectivity index (χ3n) is 4.47. The van der Waals surface area contributed by atoms with Crippen LogP contribution in [0.15, 0.2) is 36.4 Å². The van der Waals surface area contributed by atoms with E-state index in [1.165, 1.54) is 37.3 Å². The maximum Gasteiger partial charge on any atom is 0.271 e. The van der Waals surface area contributed by atoms with E-state index in [-0.39, 0.29) is 17.0 Å². The molecule has 1 aliphatic rings. The zero-order chi connectivity index (χ0) is 21.0. The molecule has 3 rings (SSSR count). The lowest BCUT2D eigenvalue weighted by molar-refractivity contribution is -0.117. The standard InChI is InChI=1S/C20H20ClN3O5/c1-28-14-8-12(9-15(11-14)29-2)19(26)22-23-20(27)16-6-5-13(21)10-17(16)24-7-3-4-18(24)25/h5-6,8-11H,3-4,7H2,1-2H3,(H,22,26)(H,23,27). The molecule has 0 radical (unpaired) electrons. The van der Waals surface area contributed by atoms with Crippen molar-refractivity contribution in [2.75, 3.05) is 25.7 Å². The van der Waals surface area contributed by atoms with Crippen molar-refractivity contribution in [2.24, 2.45) is 0 Å². The highest BCUT2D eigenvalue weighted by Gasteiger charge is 2.26. The van der Waals surface area contributed by atoms with Gasteiger partial charge in [-0.25, -0.2) is 0 Å². The molecule has 9 heteroatoms. The van der Waals surface area contributed by atoms with E-state index in [9.17, 15) is 14.4 Å². The predicted octanol–water partition coefficient (Wildman–Crippen LogP) is 2.56. The Kier molecular flexibility index (Phi) is 6.23.